The highest BCUT2D eigenvalue weighted by atomic mass is 127. The molecule has 0 radical (unpaired) electrons. The molecule has 0 spiro atoms. The number of halogens is 1. The first-order valence-electron chi connectivity index (χ1n) is 8.01. The van der Waals surface area contributed by atoms with Crippen LogP contribution >= 0.6 is 24.0 Å². The Balaban J connectivity index is 0.00000208. The minimum atomic E-state index is 0. The van der Waals surface area contributed by atoms with Crippen LogP contribution in [-0.4, -0.2) is 35.5 Å². The molecule has 1 aliphatic heterocycles. The molecule has 1 saturated heterocycles. The molecule has 0 saturated carbocycles. The molecule has 130 valence electrons. The minimum Gasteiger partial charge on any atom is -0.465 e. The van der Waals surface area contributed by atoms with E-state index in [0.29, 0.717) is 18.3 Å². The van der Waals surface area contributed by atoms with E-state index in [1.54, 1.807) is 6.20 Å². The van der Waals surface area contributed by atoms with Crippen LogP contribution in [0.5, 0.6) is 0 Å². The van der Waals surface area contributed by atoms with Gasteiger partial charge in [-0.25, -0.2) is 4.98 Å². The highest BCUT2D eigenvalue weighted by molar-refractivity contribution is 14.0. The lowest BCUT2D eigenvalue weighted by Gasteiger charge is -2.24. The second kappa shape index (κ2) is 9.03. The number of aryl methyl sites for hydroxylation is 1. The smallest absolute Gasteiger partial charge is 0.194 e. The summed E-state index contributed by atoms with van der Waals surface area (Å²) >= 11 is 0. The summed E-state index contributed by atoms with van der Waals surface area (Å²) < 4.78 is 5.82. The van der Waals surface area contributed by atoms with E-state index in [1.165, 1.54) is 12.8 Å². The summed E-state index contributed by atoms with van der Waals surface area (Å²) in [5.41, 5.74) is 5.99. The quantitative estimate of drug-likeness (QED) is 0.424. The van der Waals surface area contributed by atoms with Gasteiger partial charge in [0.1, 0.15) is 17.3 Å². The molecule has 6 nitrogen and oxygen atoms in total. The lowest BCUT2D eigenvalue weighted by Crippen LogP contribution is -2.30. The second-order valence-electron chi connectivity index (χ2n) is 5.77. The van der Waals surface area contributed by atoms with Gasteiger partial charge in [-0.3, -0.25) is 9.89 Å². The van der Waals surface area contributed by atoms with Crippen molar-refractivity contribution in [2.75, 3.05) is 25.0 Å². The number of rotatable bonds is 5. The van der Waals surface area contributed by atoms with E-state index in [1.807, 2.05) is 37.3 Å². The van der Waals surface area contributed by atoms with Gasteiger partial charge < -0.3 is 15.5 Å². The molecule has 1 aliphatic rings. The zero-order valence-electron chi connectivity index (χ0n) is 13.8. The Morgan fingerprint density at radius 1 is 1.33 bits per heavy atom. The molecule has 3 rings (SSSR count). The first-order chi connectivity index (χ1) is 11.2. The lowest BCUT2D eigenvalue weighted by molar-refractivity contribution is 0.219. The largest absolute Gasteiger partial charge is 0.465 e. The molecule has 7 heteroatoms. The first kappa shape index (κ1) is 18.7. The van der Waals surface area contributed by atoms with Crippen LogP contribution in [0.3, 0.4) is 0 Å². The number of furan rings is 1. The normalized spacial score (nSPS) is 16.6. The molecule has 1 atom stereocenters. The highest BCUT2D eigenvalue weighted by Gasteiger charge is 2.25. The predicted octanol–water partition coefficient (Wildman–Crippen LogP) is 3.16. The molecule has 2 aromatic heterocycles. The van der Waals surface area contributed by atoms with Crippen molar-refractivity contribution in [2.24, 2.45) is 10.7 Å². The predicted molar refractivity (Wildman–Crippen MR) is 107 cm³/mol. The highest BCUT2D eigenvalue weighted by Crippen LogP contribution is 2.26. The number of pyridine rings is 1. The number of hydrogen-bond acceptors (Lipinski definition) is 4. The van der Waals surface area contributed by atoms with Crippen LogP contribution < -0.4 is 11.1 Å². The zero-order chi connectivity index (χ0) is 16.1. The van der Waals surface area contributed by atoms with E-state index in [-0.39, 0.29) is 30.0 Å². The Labute approximate surface area is 159 Å². The molecule has 24 heavy (non-hydrogen) atoms. The van der Waals surface area contributed by atoms with Crippen molar-refractivity contribution in [1.29, 1.82) is 0 Å². The zero-order valence-corrected chi connectivity index (χ0v) is 16.1. The molecule has 2 aromatic rings. The van der Waals surface area contributed by atoms with Crippen LogP contribution in [0.1, 0.15) is 30.4 Å². The third-order valence-corrected chi connectivity index (χ3v) is 4.03. The number of anilines is 1. The Morgan fingerprint density at radius 3 is 2.75 bits per heavy atom. The molecule has 1 fully saturated rings. The fourth-order valence-corrected chi connectivity index (χ4v) is 2.86. The van der Waals surface area contributed by atoms with Crippen molar-refractivity contribution >= 4 is 35.8 Å². The number of nitrogens with zero attached hydrogens (tertiary/aromatic N) is 3. The number of aromatic nitrogens is 1. The summed E-state index contributed by atoms with van der Waals surface area (Å²) in [4.78, 5) is 11.1. The Bertz CT molecular complexity index is 652. The van der Waals surface area contributed by atoms with Crippen molar-refractivity contribution in [3.63, 3.8) is 0 Å². The maximum atomic E-state index is 5.99. The van der Waals surface area contributed by atoms with Crippen LogP contribution in [0.2, 0.25) is 0 Å². The van der Waals surface area contributed by atoms with Gasteiger partial charge >= 0.3 is 0 Å². The molecular weight excluding hydrogens is 417 g/mol. The average Bonchev–Trinajstić information content (AvgIpc) is 3.21. The lowest BCUT2D eigenvalue weighted by atomic mass is 10.2. The van der Waals surface area contributed by atoms with Gasteiger partial charge in [0.2, 0.25) is 0 Å². The monoisotopic (exact) mass is 441 g/mol. The molecule has 0 amide bonds. The van der Waals surface area contributed by atoms with Gasteiger partial charge in [0.15, 0.2) is 5.96 Å². The Kier molecular flexibility index (Phi) is 7.04. The van der Waals surface area contributed by atoms with Gasteiger partial charge in [0.25, 0.3) is 0 Å². The van der Waals surface area contributed by atoms with Gasteiger partial charge in [-0.05, 0) is 57.1 Å². The molecule has 0 aromatic carbocycles. The Hall–Kier alpha value is -1.61. The maximum absolute atomic E-state index is 5.99. The van der Waals surface area contributed by atoms with Crippen molar-refractivity contribution in [2.45, 2.75) is 25.8 Å². The number of nitrogens with one attached hydrogen (secondary N) is 1. The number of guanidine groups is 1. The van der Waals surface area contributed by atoms with E-state index < -0.39 is 0 Å². The molecule has 0 aliphatic carbocycles. The van der Waals surface area contributed by atoms with Gasteiger partial charge in [0.05, 0.1) is 12.6 Å². The molecule has 1 unspecified atom stereocenters. The third-order valence-electron chi connectivity index (χ3n) is 4.03. The number of hydrogen-bond donors (Lipinski definition) is 2. The van der Waals surface area contributed by atoms with Crippen molar-refractivity contribution < 1.29 is 4.42 Å². The number of likely N-dealkylation sites (tertiary alicyclic amines) is 1. The maximum Gasteiger partial charge on any atom is 0.194 e. The van der Waals surface area contributed by atoms with Crippen molar-refractivity contribution in [1.82, 2.24) is 9.88 Å². The standard InChI is InChI=1S/C17H23N5O.HI/c1-13-7-8-15(23-13)14(22-10-4-5-11-22)12-20-17(18)21-16-6-2-3-9-19-16;/h2-3,6-9,14H,4-5,10-12H2,1H3,(H3,18,19,20,21);1H. The molecule has 0 bridgehead atoms. The molecular formula is C17H24IN5O. The van der Waals surface area contributed by atoms with Crippen molar-refractivity contribution in [3.05, 3.63) is 48.0 Å². The van der Waals surface area contributed by atoms with E-state index in [2.05, 4.69) is 20.2 Å². The summed E-state index contributed by atoms with van der Waals surface area (Å²) in [5.74, 6) is 2.95. The van der Waals surface area contributed by atoms with E-state index in [4.69, 9.17) is 10.2 Å². The fraction of sp³-hybridized carbons (Fsp3) is 0.412. The SMILES string of the molecule is Cc1ccc(C(CN=C(N)Nc2ccccn2)N2CCCC2)o1.I. The summed E-state index contributed by atoms with van der Waals surface area (Å²) in [6.45, 7) is 4.68. The minimum absolute atomic E-state index is 0. The van der Waals surface area contributed by atoms with Gasteiger partial charge in [-0.15, -0.1) is 24.0 Å². The third kappa shape index (κ3) is 4.94. The van der Waals surface area contributed by atoms with Gasteiger partial charge in [-0.1, -0.05) is 6.07 Å². The van der Waals surface area contributed by atoms with Crippen LogP contribution in [0, 0.1) is 6.92 Å². The van der Waals surface area contributed by atoms with Crippen LogP contribution in [-0.2, 0) is 0 Å². The molecule has 3 heterocycles. The van der Waals surface area contributed by atoms with Crippen LogP contribution in [0.25, 0.3) is 0 Å². The number of nitrogens with two attached hydrogens (primary N) is 1. The number of aliphatic imine (C=N–C) groups is 1. The summed E-state index contributed by atoms with van der Waals surface area (Å²) in [6, 6.07) is 9.79. The van der Waals surface area contributed by atoms with Gasteiger partial charge in [0, 0.05) is 6.20 Å². The fourth-order valence-electron chi connectivity index (χ4n) is 2.86. The summed E-state index contributed by atoms with van der Waals surface area (Å²) in [6.07, 6.45) is 4.16. The summed E-state index contributed by atoms with van der Waals surface area (Å²) in [7, 11) is 0. The molecule has 3 N–H and O–H groups in total. The topological polar surface area (TPSA) is 79.7 Å². The second-order valence-corrected chi connectivity index (χ2v) is 5.77. The Morgan fingerprint density at radius 2 is 2.12 bits per heavy atom. The van der Waals surface area contributed by atoms with E-state index in [9.17, 15) is 0 Å². The van der Waals surface area contributed by atoms with E-state index >= 15 is 0 Å². The van der Waals surface area contributed by atoms with Gasteiger partial charge in [-0.2, -0.15) is 0 Å². The van der Waals surface area contributed by atoms with E-state index in [0.717, 1.165) is 24.6 Å². The first-order valence-corrected chi connectivity index (χ1v) is 8.01. The summed E-state index contributed by atoms with van der Waals surface area (Å²) in [5, 5.41) is 3.01. The van der Waals surface area contributed by atoms with Crippen molar-refractivity contribution in [3.8, 4) is 0 Å². The van der Waals surface area contributed by atoms with Crippen LogP contribution in [0.4, 0.5) is 5.82 Å². The average molecular weight is 441 g/mol. The van der Waals surface area contributed by atoms with Crippen LogP contribution in [0.15, 0.2) is 45.9 Å².